The van der Waals surface area contributed by atoms with E-state index in [0.717, 1.165) is 6.07 Å². The molecule has 0 radical (unpaired) electrons. The zero-order valence-corrected chi connectivity index (χ0v) is 15.0. The maximum atomic E-state index is 13.3. The Morgan fingerprint density at radius 2 is 1.90 bits per heavy atom. The lowest BCUT2D eigenvalue weighted by molar-refractivity contribution is -0.156. The van der Waals surface area contributed by atoms with Gasteiger partial charge in [0.2, 0.25) is 5.82 Å². The molecule has 152 valence electrons. The van der Waals surface area contributed by atoms with E-state index < -0.39 is 42.3 Å². The van der Waals surface area contributed by atoms with Crippen LogP contribution < -0.4 is 5.32 Å². The van der Waals surface area contributed by atoms with Crippen LogP contribution in [-0.4, -0.2) is 27.5 Å². The quantitative estimate of drug-likeness (QED) is 0.514. The van der Waals surface area contributed by atoms with E-state index in [1.54, 1.807) is 0 Å². The number of nitrogens with zero attached hydrogens (tertiary/aromatic N) is 2. The summed E-state index contributed by atoms with van der Waals surface area (Å²) in [4.78, 5) is 27.8. The van der Waals surface area contributed by atoms with Gasteiger partial charge in [0.25, 0.3) is 5.91 Å². The van der Waals surface area contributed by atoms with E-state index in [2.05, 4.69) is 10.3 Å². The molecule has 10 heteroatoms. The van der Waals surface area contributed by atoms with Crippen LogP contribution in [0, 0.1) is 5.82 Å². The molecule has 3 aromatic rings. The molecule has 1 N–H and O–H groups in total. The summed E-state index contributed by atoms with van der Waals surface area (Å²) in [7, 11) is 0. The van der Waals surface area contributed by atoms with E-state index in [1.165, 1.54) is 49.4 Å². The molecular weight excluding hydrogens is 394 g/mol. The van der Waals surface area contributed by atoms with Crippen LogP contribution in [0.5, 0.6) is 0 Å². The Balaban J connectivity index is 1.73. The number of anilines is 1. The van der Waals surface area contributed by atoms with E-state index >= 15 is 0 Å². The molecule has 1 unspecified atom stereocenters. The van der Waals surface area contributed by atoms with E-state index in [0.29, 0.717) is 4.57 Å². The van der Waals surface area contributed by atoms with Gasteiger partial charge in [-0.25, -0.2) is 9.37 Å². The highest BCUT2D eigenvalue weighted by Gasteiger charge is 2.38. The molecular formula is C19H15F4N3O3. The number of para-hydroxylation sites is 2. The Bertz CT molecular complexity index is 1060. The minimum atomic E-state index is -4.78. The molecule has 1 atom stereocenters. The number of alkyl halides is 3. The number of aromatic nitrogens is 2. The van der Waals surface area contributed by atoms with Crippen LogP contribution in [0.2, 0.25) is 0 Å². The Morgan fingerprint density at radius 3 is 2.59 bits per heavy atom. The monoisotopic (exact) mass is 409 g/mol. The van der Waals surface area contributed by atoms with Gasteiger partial charge >= 0.3 is 12.1 Å². The van der Waals surface area contributed by atoms with Crippen molar-refractivity contribution in [3.8, 4) is 0 Å². The van der Waals surface area contributed by atoms with Crippen molar-refractivity contribution in [2.45, 2.75) is 25.7 Å². The predicted octanol–water partition coefficient (Wildman–Crippen LogP) is 3.76. The highest BCUT2D eigenvalue weighted by molar-refractivity contribution is 5.95. The van der Waals surface area contributed by atoms with Crippen LogP contribution in [0.3, 0.4) is 0 Å². The van der Waals surface area contributed by atoms with E-state index in [1.807, 2.05) is 0 Å². The molecule has 3 rings (SSSR count). The molecule has 29 heavy (non-hydrogen) atoms. The number of hydrogen-bond acceptors (Lipinski definition) is 4. The molecule has 0 fully saturated rings. The molecule has 0 bridgehead atoms. The fraction of sp³-hybridized carbons (Fsp3) is 0.211. The molecule has 0 saturated heterocycles. The Kier molecular flexibility index (Phi) is 5.53. The zero-order chi connectivity index (χ0) is 21.2. The van der Waals surface area contributed by atoms with E-state index in [-0.39, 0.29) is 16.7 Å². The topological polar surface area (TPSA) is 73.2 Å². The Hall–Kier alpha value is -3.43. The van der Waals surface area contributed by atoms with Crippen molar-refractivity contribution in [1.82, 2.24) is 9.55 Å². The first-order chi connectivity index (χ1) is 13.6. The van der Waals surface area contributed by atoms with Crippen molar-refractivity contribution < 1.29 is 31.9 Å². The number of rotatable bonds is 5. The normalized spacial score (nSPS) is 12.6. The fourth-order valence-electron chi connectivity index (χ4n) is 2.68. The molecule has 0 aliphatic rings. The second kappa shape index (κ2) is 7.90. The standard InChI is InChI=1S/C19H15F4N3O3/c1-11(17(28)24-13-6-4-5-12(20)9-13)29-16(27)10-26-15-8-3-2-7-14(15)25-18(26)19(21,22)23/h2-9,11H,10H2,1H3,(H,24,28). The summed E-state index contributed by atoms with van der Waals surface area (Å²) in [5.74, 6) is -3.62. The van der Waals surface area contributed by atoms with Crippen molar-refractivity contribution in [3.63, 3.8) is 0 Å². The molecule has 0 spiro atoms. The highest BCUT2D eigenvalue weighted by Crippen LogP contribution is 2.31. The molecule has 1 amide bonds. The van der Waals surface area contributed by atoms with Crippen LogP contribution in [-0.2, 0) is 27.0 Å². The van der Waals surface area contributed by atoms with Gasteiger partial charge in [-0.15, -0.1) is 0 Å². The van der Waals surface area contributed by atoms with Crippen LogP contribution in [0.15, 0.2) is 48.5 Å². The Labute approximate surface area is 162 Å². The Morgan fingerprint density at radius 1 is 1.17 bits per heavy atom. The molecule has 2 aromatic carbocycles. The van der Waals surface area contributed by atoms with Gasteiger partial charge in [-0.1, -0.05) is 18.2 Å². The zero-order valence-electron chi connectivity index (χ0n) is 15.0. The first-order valence-corrected chi connectivity index (χ1v) is 8.43. The number of halogens is 4. The van der Waals surface area contributed by atoms with Crippen LogP contribution >= 0.6 is 0 Å². The number of fused-ring (bicyclic) bond motifs is 1. The summed E-state index contributed by atoms with van der Waals surface area (Å²) in [6, 6.07) is 10.9. The van der Waals surface area contributed by atoms with E-state index in [9.17, 15) is 27.2 Å². The number of ether oxygens (including phenoxy) is 1. The number of benzene rings is 2. The van der Waals surface area contributed by atoms with Gasteiger partial charge in [0.15, 0.2) is 6.10 Å². The van der Waals surface area contributed by atoms with Gasteiger partial charge in [-0.3, -0.25) is 9.59 Å². The molecule has 6 nitrogen and oxygen atoms in total. The smallest absolute Gasteiger partial charge is 0.449 e. The van der Waals surface area contributed by atoms with Crippen molar-refractivity contribution in [2.75, 3.05) is 5.32 Å². The molecule has 0 saturated carbocycles. The maximum absolute atomic E-state index is 13.3. The number of carbonyl (C=O) groups is 2. The van der Waals surface area contributed by atoms with Gasteiger partial charge < -0.3 is 14.6 Å². The van der Waals surface area contributed by atoms with Crippen LogP contribution in [0.25, 0.3) is 11.0 Å². The number of carbonyl (C=O) groups excluding carboxylic acids is 2. The molecule has 0 aliphatic carbocycles. The summed E-state index contributed by atoms with van der Waals surface area (Å²) < 4.78 is 58.6. The number of nitrogens with one attached hydrogen (secondary N) is 1. The first-order valence-electron chi connectivity index (χ1n) is 8.43. The highest BCUT2D eigenvalue weighted by atomic mass is 19.4. The summed E-state index contributed by atoms with van der Waals surface area (Å²) in [5, 5.41) is 2.36. The third-order valence-electron chi connectivity index (χ3n) is 3.96. The lowest BCUT2D eigenvalue weighted by atomic mass is 10.3. The van der Waals surface area contributed by atoms with Crippen LogP contribution in [0.4, 0.5) is 23.2 Å². The summed E-state index contributed by atoms with van der Waals surface area (Å²) in [6.45, 7) is 0.468. The first kappa shape index (κ1) is 20.3. The van der Waals surface area contributed by atoms with Crippen molar-refractivity contribution in [2.24, 2.45) is 0 Å². The lowest BCUT2D eigenvalue weighted by Gasteiger charge is -2.15. The van der Waals surface area contributed by atoms with E-state index in [4.69, 9.17) is 4.74 Å². The van der Waals surface area contributed by atoms with Crippen molar-refractivity contribution in [1.29, 1.82) is 0 Å². The minimum Gasteiger partial charge on any atom is -0.451 e. The average Bonchev–Trinajstić information content (AvgIpc) is 3.00. The lowest BCUT2D eigenvalue weighted by Crippen LogP contribution is -2.31. The van der Waals surface area contributed by atoms with Crippen molar-refractivity contribution in [3.05, 3.63) is 60.2 Å². The summed E-state index contributed by atoms with van der Waals surface area (Å²) >= 11 is 0. The predicted molar refractivity (Wildman–Crippen MR) is 95.3 cm³/mol. The fourth-order valence-corrected chi connectivity index (χ4v) is 2.68. The third kappa shape index (κ3) is 4.71. The van der Waals surface area contributed by atoms with Gasteiger partial charge in [0, 0.05) is 5.69 Å². The summed E-state index contributed by atoms with van der Waals surface area (Å²) in [5.41, 5.74) is 0.330. The molecule has 1 heterocycles. The van der Waals surface area contributed by atoms with Gasteiger partial charge in [0.05, 0.1) is 11.0 Å². The van der Waals surface area contributed by atoms with Gasteiger partial charge in [-0.05, 0) is 37.3 Å². The largest absolute Gasteiger partial charge is 0.451 e. The van der Waals surface area contributed by atoms with Crippen molar-refractivity contribution >= 4 is 28.6 Å². The molecule has 0 aliphatic heterocycles. The number of hydrogen-bond donors (Lipinski definition) is 1. The molecule has 1 aromatic heterocycles. The maximum Gasteiger partial charge on any atom is 0.449 e. The second-order valence-electron chi connectivity index (χ2n) is 6.14. The van der Waals surface area contributed by atoms with Gasteiger partial charge in [-0.2, -0.15) is 13.2 Å². The summed E-state index contributed by atoms with van der Waals surface area (Å²) in [6.07, 6.45) is -6.09. The van der Waals surface area contributed by atoms with Gasteiger partial charge in [0.1, 0.15) is 12.4 Å². The van der Waals surface area contributed by atoms with Crippen LogP contribution in [0.1, 0.15) is 12.7 Å². The number of imidazole rings is 1. The minimum absolute atomic E-state index is 0.0736. The second-order valence-corrected chi connectivity index (χ2v) is 6.14. The SMILES string of the molecule is CC(OC(=O)Cn1c(C(F)(F)F)nc2ccccc21)C(=O)Nc1cccc(F)c1. The number of amides is 1. The number of esters is 1. The average molecular weight is 409 g/mol. The third-order valence-corrected chi connectivity index (χ3v) is 3.96.